The van der Waals surface area contributed by atoms with Gasteiger partial charge in [0.25, 0.3) is 0 Å². The second-order valence-corrected chi connectivity index (χ2v) is 14.8. The van der Waals surface area contributed by atoms with E-state index in [0.717, 1.165) is 24.0 Å². The summed E-state index contributed by atoms with van der Waals surface area (Å²) in [4.78, 5) is 29.8. The molecule has 2 unspecified atom stereocenters. The molecule has 0 aromatic heterocycles. The van der Waals surface area contributed by atoms with Crippen LogP contribution in [0.15, 0.2) is 70.9 Å². The molecule has 43 heavy (non-hydrogen) atoms. The molecule has 5 nitrogen and oxygen atoms in total. The predicted octanol–water partition coefficient (Wildman–Crippen LogP) is 9.19. The number of phenols is 2. The normalized spacial score (nSPS) is 30.2. The van der Waals surface area contributed by atoms with Crippen molar-refractivity contribution in [3.05, 3.63) is 76.4 Å². The second-order valence-electron chi connectivity index (χ2n) is 14.8. The smallest absolute Gasteiger partial charge is 0.177 e. The van der Waals surface area contributed by atoms with Gasteiger partial charge in [0, 0.05) is 16.4 Å². The molecule has 0 radical (unpaired) electrons. The van der Waals surface area contributed by atoms with Crippen LogP contribution in [-0.4, -0.2) is 26.9 Å². The van der Waals surface area contributed by atoms with Crippen LogP contribution in [-0.2, 0) is 9.59 Å². The molecular formula is C38H50O5. The minimum absolute atomic E-state index is 0.0412. The maximum absolute atomic E-state index is 14.9. The highest BCUT2D eigenvalue weighted by Gasteiger charge is 2.90. The third-order valence-corrected chi connectivity index (χ3v) is 11.2. The predicted molar refractivity (Wildman–Crippen MR) is 174 cm³/mol. The van der Waals surface area contributed by atoms with Crippen LogP contribution in [0.2, 0.25) is 0 Å². The summed E-state index contributed by atoms with van der Waals surface area (Å²) in [6.07, 6.45) is 9.81. The van der Waals surface area contributed by atoms with Gasteiger partial charge in [-0.25, -0.2) is 0 Å². The average Bonchev–Trinajstić information content (AvgIpc) is 2.89. The van der Waals surface area contributed by atoms with Gasteiger partial charge in [0.15, 0.2) is 23.1 Å². The third-order valence-electron chi connectivity index (χ3n) is 11.2. The summed E-state index contributed by atoms with van der Waals surface area (Å²) in [5.41, 5.74) is 2.08. The standard InChI is InChI=1S/C38H50O5/c1-22(2)11-12-27(25(7)8)20-36-21-37(17-15-23(3)4)34(36)38(35(37,9)10,18-16-24(5)6)33(43)30(32(36)42)31(41)26-13-14-28(39)29(40)19-26/h11,13-16,19,27,34,39-41H,7,12,17-18,20-21H2,1-6,8-10H3/t27-,34+,36?,37-,38?/m0/s1. The van der Waals surface area contributed by atoms with Gasteiger partial charge in [-0.15, -0.1) is 0 Å². The minimum Gasteiger partial charge on any atom is -0.506 e. The number of ketones is 2. The molecule has 0 spiro atoms. The Balaban J connectivity index is 2.02. The van der Waals surface area contributed by atoms with Crippen molar-refractivity contribution in [3.63, 3.8) is 0 Å². The van der Waals surface area contributed by atoms with Crippen LogP contribution in [0.1, 0.15) is 100.0 Å². The number of rotatable bonds is 10. The number of hydrogen-bond acceptors (Lipinski definition) is 5. The molecule has 0 bridgehead atoms. The fourth-order valence-electron chi connectivity index (χ4n) is 8.87. The van der Waals surface area contributed by atoms with Crippen LogP contribution in [0.3, 0.4) is 0 Å². The Morgan fingerprint density at radius 3 is 2.02 bits per heavy atom. The first-order valence-electron chi connectivity index (χ1n) is 15.5. The number of allylic oxidation sites excluding steroid dienone is 8. The van der Waals surface area contributed by atoms with Gasteiger partial charge < -0.3 is 15.3 Å². The summed E-state index contributed by atoms with van der Waals surface area (Å²) in [5, 5.41) is 31.8. The van der Waals surface area contributed by atoms with Crippen molar-refractivity contribution in [3.8, 4) is 11.5 Å². The lowest BCUT2D eigenvalue weighted by Crippen LogP contribution is -2.87. The van der Waals surface area contributed by atoms with E-state index in [2.05, 4.69) is 66.3 Å². The van der Waals surface area contributed by atoms with Crippen molar-refractivity contribution in [1.82, 2.24) is 0 Å². The van der Waals surface area contributed by atoms with Crippen LogP contribution < -0.4 is 0 Å². The van der Waals surface area contributed by atoms with E-state index in [1.807, 2.05) is 20.8 Å². The first-order chi connectivity index (χ1) is 19.9. The van der Waals surface area contributed by atoms with Crippen molar-refractivity contribution in [1.29, 1.82) is 0 Å². The molecule has 3 aliphatic carbocycles. The zero-order valence-corrected chi connectivity index (χ0v) is 27.5. The number of aromatic hydroxyl groups is 2. The fraction of sp³-hybridized carbons (Fsp3) is 0.526. The second kappa shape index (κ2) is 11.0. The summed E-state index contributed by atoms with van der Waals surface area (Å²) >= 11 is 0. The van der Waals surface area contributed by atoms with E-state index in [4.69, 9.17) is 0 Å². The molecule has 3 saturated carbocycles. The molecule has 4 rings (SSSR count). The van der Waals surface area contributed by atoms with E-state index in [-0.39, 0.29) is 45.7 Å². The SMILES string of the molecule is C=C(C)[C@@H](CC=C(C)C)CC12C[C@@]3(CC=C(C)C)[C@@H]1C(CC=C(C)C)(C(=O)C(=C(O)c1ccc(O)c(O)c1)C2=O)C3(C)C. The van der Waals surface area contributed by atoms with Crippen molar-refractivity contribution < 1.29 is 24.9 Å². The maximum Gasteiger partial charge on any atom is 0.177 e. The quantitative estimate of drug-likeness (QED) is 0.0835. The van der Waals surface area contributed by atoms with Crippen LogP contribution in [0.5, 0.6) is 11.5 Å². The molecule has 3 aliphatic rings. The summed E-state index contributed by atoms with van der Waals surface area (Å²) < 4.78 is 0. The molecule has 0 heterocycles. The van der Waals surface area contributed by atoms with Crippen LogP contribution in [0.4, 0.5) is 0 Å². The zero-order chi connectivity index (χ0) is 32.3. The van der Waals surface area contributed by atoms with E-state index in [1.54, 1.807) is 0 Å². The molecule has 0 saturated heterocycles. The van der Waals surface area contributed by atoms with Crippen LogP contribution in [0, 0.1) is 33.5 Å². The van der Waals surface area contributed by atoms with Gasteiger partial charge in [-0.05, 0) is 121 Å². The van der Waals surface area contributed by atoms with Gasteiger partial charge in [-0.2, -0.15) is 0 Å². The van der Waals surface area contributed by atoms with E-state index in [1.165, 1.54) is 29.3 Å². The lowest BCUT2D eigenvalue weighted by molar-refractivity contribution is -0.361. The largest absolute Gasteiger partial charge is 0.506 e. The molecule has 0 amide bonds. The highest BCUT2D eigenvalue weighted by molar-refractivity contribution is 6.31. The molecule has 5 heteroatoms. The van der Waals surface area contributed by atoms with E-state index < -0.39 is 27.8 Å². The Morgan fingerprint density at radius 1 is 0.907 bits per heavy atom. The van der Waals surface area contributed by atoms with Crippen molar-refractivity contribution in [2.45, 2.75) is 94.4 Å². The maximum atomic E-state index is 14.9. The molecular weight excluding hydrogens is 536 g/mol. The number of aliphatic hydroxyl groups is 1. The molecule has 5 atom stereocenters. The fourth-order valence-corrected chi connectivity index (χ4v) is 8.87. The molecule has 3 N–H and O–H groups in total. The molecule has 1 aromatic rings. The number of hydrogen-bond donors (Lipinski definition) is 3. The third kappa shape index (κ3) is 4.65. The van der Waals surface area contributed by atoms with Gasteiger partial charge in [-0.3, -0.25) is 9.59 Å². The van der Waals surface area contributed by atoms with Crippen molar-refractivity contribution in [2.75, 3.05) is 0 Å². The van der Waals surface area contributed by atoms with Crippen LogP contribution in [0.25, 0.3) is 5.76 Å². The average molecular weight is 587 g/mol. The Bertz CT molecular complexity index is 1490. The summed E-state index contributed by atoms with van der Waals surface area (Å²) in [5.74, 6) is -1.94. The van der Waals surface area contributed by atoms with Gasteiger partial charge in [-0.1, -0.05) is 60.9 Å². The van der Waals surface area contributed by atoms with E-state index >= 15 is 0 Å². The van der Waals surface area contributed by atoms with Crippen LogP contribution >= 0.6 is 0 Å². The van der Waals surface area contributed by atoms with Gasteiger partial charge in [0.1, 0.15) is 11.3 Å². The molecule has 3 fully saturated rings. The molecule has 0 aliphatic heterocycles. The number of carbonyl (C=O) groups is 2. The number of Topliss-reactive ketones (excluding diaryl/α,β-unsaturated/α-hetero) is 2. The van der Waals surface area contributed by atoms with Gasteiger partial charge in [0.2, 0.25) is 0 Å². The Labute approximate surface area is 257 Å². The van der Waals surface area contributed by atoms with Gasteiger partial charge >= 0.3 is 0 Å². The zero-order valence-electron chi connectivity index (χ0n) is 27.5. The van der Waals surface area contributed by atoms with Crippen molar-refractivity contribution >= 4 is 17.3 Å². The van der Waals surface area contributed by atoms with Crippen molar-refractivity contribution in [2.24, 2.45) is 33.5 Å². The van der Waals surface area contributed by atoms with Gasteiger partial charge in [0.05, 0.1) is 0 Å². The number of benzene rings is 1. The lowest BCUT2D eigenvalue weighted by atomic mass is 9.14. The number of carbonyl (C=O) groups excluding carboxylic acids is 2. The Morgan fingerprint density at radius 2 is 1.49 bits per heavy atom. The first kappa shape index (κ1) is 32.6. The molecule has 1 aromatic carbocycles. The number of phenolic OH excluding ortho intramolecular Hbond substituents is 2. The first-order valence-corrected chi connectivity index (χ1v) is 15.5. The lowest BCUT2D eigenvalue weighted by Gasteiger charge is -2.87. The summed E-state index contributed by atoms with van der Waals surface area (Å²) in [7, 11) is 0. The highest BCUT2D eigenvalue weighted by Crippen LogP contribution is 2.90. The Hall–Kier alpha value is -3.34. The van der Waals surface area contributed by atoms with E-state index in [0.29, 0.717) is 19.3 Å². The number of aliphatic hydroxyl groups excluding tert-OH is 1. The topological polar surface area (TPSA) is 94.8 Å². The van der Waals surface area contributed by atoms with E-state index in [9.17, 15) is 24.9 Å². The summed E-state index contributed by atoms with van der Waals surface area (Å²) in [6, 6.07) is 3.89. The minimum atomic E-state index is -0.885. The molecule has 232 valence electrons. The Kier molecular flexibility index (Phi) is 8.32. The summed E-state index contributed by atoms with van der Waals surface area (Å²) in [6.45, 7) is 23.0. The monoisotopic (exact) mass is 586 g/mol. The highest BCUT2D eigenvalue weighted by atomic mass is 16.3.